The Hall–Kier alpha value is -1.88. The summed E-state index contributed by atoms with van der Waals surface area (Å²) >= 11 is 4.08. The van der Waals surface area contributed by atoms with Crippen LogP contribution in [0.4, 0.5) is 8.78 Å². The molecule has 0 bridgehead atoms. The highest BCUT2D eigenvalue weighted by molar-refractivity contribution is 9.10. The largest absolute Gasteiger partial charge is 0.472 e. The molecule has 0 spiro atoms. The van der Waals surface area contributed by atoms with Crippen molar-refractivity contribution in [2.45, 2.75) is 44.5 Å². The van der Waals surface area contributed by atoms with Gasteiger partial charge in [-0.25, -0.2) is 4.39 Å². The molecular formula is C17H17BrF2O7S. The van der Waals surface area contributed by atoms with Gasteiger partial charge in [0.15, 0.2) is 35.3 Å². The predicted octanol–water partition coefficient (Wildman–Crippen LogP) is 2.97. The smallest absolute Gasteiger partial charge is 0.303 e. The molecule has 0 aromatic heterocycles. The average molecular weight is 483 g/mol. The fraction of sp³-hybridized carbons (Fsp3) is 0.471. The lowest BCUT2D eigenvalue weighted by molar-refractivity contribution is -0.186. The summed E-state index contributed by atoms with van der Waals surface area (Å²) in [5.74, 6) is -4.72. The second-order valence-corrected chi connectivity index (χ2v) is 7.86. The van der Waals surface area contributed by atoms with Gasteiger partial charge in [-0.1, -0.05) is 15.9 Å². The lowest BCUT2D eigenvalue weighted by atomic mass is 10.1. The van der Waals surface area contributed by atoms with Crippen LogP contribution in [0.3, 0.4) is 0 Å². The van der Waals surface area contributed by atoms with E-state index in [-0.39, 0.29) is 10.2 Å². The van der Waals surface area contributed by atoms with Crippen LogP contribution in [0.1, 0.15) is 20.8 Å². The van der Waals surface area contributed by atoms with Crippen LogP contribution in [0.25, 0.3) is 0 Å². The molecule has 1 heterocycles. The maximum absolute atomic E-state index is 14.1. The molecule has 4 atom stereocenters. The van der Waals surface area contributed by atoms with Crippen LogP contribution in [-0.2, 0) is 28.6 Å². The summed E-state index contributed by atoms with van der Waals surface area (Å²) in [5.41, 5.74) is -1.05. The third kappa shape index (κ3) is 5.81. The van der Waals surface area contributed by atoms with E-state index in [1.165, 1.54) is 13.0 Å². The molecule has 1 saturated heterocycles. The molecule has 0 unspecified atom stereocenters. The van der Waals surface area contributed by atoms with E-state index in [9.17, 15) is 23.2 Å². The van der Waals surface area contributed by atoms with Gasteiger partial charge in [0.2, 0.25) is 5.82 Å². The van der Waals surface area contributed by atoms with Crippen molar-refractivity contribution in [1.82, 2.24) is 0 Å². The fourth-order valence-electron chi connectivity index (χ4n) is 2.55. The lowest BCUT2D eigenvalue weighted by Crippen LogP contribution is -2.55. The molecule has 0 amide bonds. The van der Waals surface area contributed by atoms with Gasteiger partial charge in [0.05, 0.1) is 0 Å². The van der Waals surface area contributed by atoms with Crippen molar-refractivity contribution in [3.63, 3.8) is 0 Å². The van der Waals surface area contributed by atoms with Gasteiger partial charge in [-0.2, -0.15) is 4.39 Å². The molecular weight excluding hydrogens is 466 g/mol. The van der Waals surface area contributed by atoms with Crippen LogP contribution in [0, 0.1) is 11.6 Å². The molecule has 0 aliphatic carbocycles. The highest BCUT2D eigenvalue weighted by Gasteiger charge is 2.48. The van der Waals surface area contributed by atoms with Crippen molar-refractivity contribution < 1.29 is 42.1 Å². The van der Waals surface area contributed by atoms with Gasteiger partial charge >= 0.3 is 17.9 Å². The quantitative estimate of drug-likeness (QED) is 0.359. The minimum atomic E-state index is -1.23. The number of hydrogen-bond donors (Lipinski definition) is 0. The number of hydrogen-bond acceptors (Lipinski definition) is 8. The summed E-state index contributed by atoms with van der Waals surface area (Å²) in [4.78, 5) is 34.4. The van der Waals surface area contributed by atoms with Crippen LogP contribution in [0.5, 0.6) is 5.75 Å². The summed E-state index contributed by atoms with van der Waals surface area (Å²) in [5, 5.41) is 0. The third-order valence-corrected chi connectivity index (χ3v) is 5.18. The van der Waals surface area contributed by atoms with Crippen LogP contribution >= 0.6 is 27.7 Å². The molecule has 0 N–H and O–H groups in total. The maximum atomic E-state index is 14.1. The van der Waals surface area contributed by atoms with Crippen molar-refractivity contribution in [1.29, 1.82) is 0 Å². The first kappa shape index (κ1) is 22.4. The van der Waals surface area contributed by atoms with E-state index >= 15 is 0 Å². The van der Waals surface area contributed by atoms with Crippen molar-refractivity contribution in [3.8, 4) is 5.75 Å². The molecule has 0 radical (unpaired) electrons. The van der Waals surface area contributed by atoms with E-state index in [0.717, 1.165) is 31.7 Å². The van der Waals surface area contributed by atoms with Gasteiger partial charge < -0.3 is 18.9 Å². The number of carbonyl (C=O) groups is 3. The summed E-state index contributed by atoms with van der Waals surface area (Å²) in [6.45, 7) is 3.44. The number of carbonyl (C=O) groups excluding carboxylic acids is 3. The lowest BCUT2D eigenvalue weighted by Gasteiger charge is -2.39. The Kier molecular flexibility index (Phi) is 7.64. The molecule has 11 heteroatoms. The highest BCUT2D eigenvalue weighted by Crippen LogP contribution is 2.36. The number of thioether (sulfide) groups is 1. The molecule has 7 nitrogen and oxygen atoms in total. The van der Waals surface area contributed by atoms with Crippen molar-refractivity contribution in [2.24, 2.45) is 0 Å². The van der Waals surface area contributed by atoms with E-state index in [0.29, 0.717) is 0 Å². The SMILES string of the molecule is CC(=O)O[C@@H]1[C@@H](OC(C)=O)[C@@H](Oc2cc(Br)cc(F)c2F)SC[C@H]1OC(C)=O. The van der Waals surface area contributed by atoms with Crippen LogP contribution in [-0.4, -0.2) is 47.4 Å². The zero-order valence-electron chi connectivity index (χ0n) is 15.1. The van der Waals surface area contributed by atoms with Gasteiger partial charge in [0, 0.05) is 31.0 Å². The Morgan fingerprint density at radius 3 is 2.14 bits per heavy atom. The fourth-order valence-corrected chi connectivity index (χ4v) is 4.17. The maximum Gasteiger partial charge on any atom is 0.303 e. The molecule has 1 aromatic carbocycles. The van der Waals surface area contributed by atoms with E-state index < -0.39 is 59.0 Å². The van der Waals surface area contributed by atoms with Gasteiger partial charge in [0.25, 0.3) is 0 Å². The molecule has 1 aliphatic rings. The van der Waals surface area contributed by atoms with Crippen molar-refractivity contribution in [3.05, 3.63) is 28.2 Å². The third-order valence-electron chi connectivity index (χ3n) is 3.51. The summed E-state index contributed by atoms with van der Waals surface area (Å²) < 4.78 is 49.1. The molecule has 1 fully saturated rings. The number of benzene rings is 1. The standard InChI is InChI=1S/C17H17BrF2O7S/c1-7(21)24-13-6-28-17(16(26-9(3)23)15(13)25-8(2)22)27-12-5-10(18)4-11(19)14(12)20/h4-5,13,15-17H,6H2,1-3H3/t13-,15+,16-,17+/m1/s1. The number of ether oxygens (including phenoxy) is 4. The second kappa shape index (κ2) is 9.55. The highest BCUT2D eigenvalue weighted by atomic mass is 79.9. The molecule has 154 valence electrons. The van der Waals surface area contributed by atoms with Gasteiger partial charge in [-0.15, -0.1) is 11.8 Å². The average Bonchev–Trinajstić information content (AvgIpc) is 2.56. The van der Waals surface area contributed by atoms with Crippen LogP contribution < -0.4 is 4.74 Å². The number of esters is 3. The van der Waals surface area contributed by atoms with Crippen molar-refractivity contribution in [2.75, 3.05) is 5.75 Å². The first-order valence-corrected chi connectivity index (χ1v) is 9.87. The summed E-state index contributed by atoms with van der Waals surface area (Å²) in [6.07, 6.45) is -3.33. The van der Waals surface area contributed by atoms with Crippen molar-refractivity contribution >= 4 is 45.6 Å². The van der Waals surface area contributed by atoms with Gasteiger partial charge in [0.1, 0.15) is 0 Å². The normalized spacial score (nSPS) is 24.2. The summed E-state index contributed by atoms with van der Waals surface area (Å²) in [6, 6.07) is 2.14. The predicted molar refractivity (Wildman–Crippen MR) is 97.6 cm³/mol. The zero-order valence-corrected chi connectivity index (χ0v) is 17.5. The van der Waals surface area contributed by atoms with Gasteiger partial charge in [-0.05, 0) is 12.1 Å². The molecule has 28 heavy (non-hydrogen) atoms. The Morgan fingerprint density at radius 2 is 1.57 bits per heavy atom. The van der Waals surface area contributed by atoms with Gasteiger partial charge in [-0.3, -0.25) is 14.4 Å². The molecule has 2 rings (SSSR count). The molecule has 1 aromatic rings. The Morgan fingerprint density at radius 1 is 1.00 bits per heavy atom. The Labute approximate surface area is 172 Å². The second-order valence-electron chi connectivity index (χ2n) is 5.82. The topological polar surface area (TPSA) is 88.1 Å². The first-order valence-electron chi connectivity index (χ1n) is 8.03. The molecule has 1 aliphatic heterocycles. The number of halogens is 3. The van der Waals surface area contributed by atoms with E-state index in [2.05, 4.69) is 15.9 Å². The minimum absolute atomic E-state index is 0.109. The monoisotopic (exact) mass is 482 g/mol. The van der Waals surface area contributed by atoms with E-state index in [1.54, 1.807) is 0 Å². The van der Waals surface area contributed by atoms with E-state index in [4.69, 9.17) is 18.9 Å². The number of rotatable bonds is 5. The Bertz CT molecular complexity index is 776. The first-order chi connectivity index (χ1) is 13.1. The van der Waals surface area contributed by atoms with E-state index in [1.807, 2.05) is 0 Å². The van der Waals surface area contributed by atoms with Crippen LogP contribution in [0.2, 0.25) is 0 Å². The summed E-state index contributed by atoms with van der Waals surface area (Å²) in [7, 11) is 0. The van der Waals surface area contributed by atoms with Crippen LogP contribution in [0.15, 0.2) is 16.6 Å². The molecule has 0 saturated carbocycles. The minimum Gasteiger partial charge on any atom is -0.472 e. The zero-order chi connectivity index (χ0) is 21.0. The Balaban J connectivity index is 2.35.